The van der Waals surface area contributed by atoms with E-state index in [4.69, 9.17) is 5.73 Å². The predicted octanol–water partition coefficient (Wildman–Crippen LogP) is 2.62. The fourth-order valence-corrected chi connectivity index (χ4v) is 4.39. The monoisotopic (exact) mass is 250 g/mol. The number of thiophene rings is 1. The van der Waals surface area contributed by atoms with E-state index in [9.17, 15) is 0 Å². The molecule has 1 aliphatic carbocycles. The summed E-state index contributed by atoms with van der Waals surface area (Å²) in [5, 5.41) is 2.25. The first-order valence-electron chi connectivity index (χ1n) is 6.88. The smallest absolute Gasteiger partial charge is 0.0247 e. The third kappa shape index (κ3) is 2.28. The molecule has 0 aromatic carbocycles. The van der Waals surface area contributed by atoms with Gasteiger partial charge in [-0.15, -0.1) is 11.3 Å². The van der Waals surface area contributed by atoms with Crippen LogP contribution in [0.5, 0.6) is 0 Å². The Morgan fingerprint density at radius 2 is 2.24 bits per heavy atom. The molecule has 1 fully saturated rings. The van der Waals surface area contributed by atoms with Gasteiger partial charge < -0.3 is 5.73 Å². The van der Waals surface area contributed by atoms with Crippen molar-refractivity contribution >= 4 is 11.3 Å². The summed E-state index contributed by atoms with van der Waals surface area (Å²) in [6.07, 6.45) is 6.74. The van der Waals surface area contributed by atoms with Crippen LogP contribution >= 0.6 is 11.3 Å². The van der Waals surface area contributed by atoms with E-state index in [-0.39, 0.29) is 0 Å². The van der Waals surface area contributed by atoms with Gasteiger partial charge >= 0.3 is 0 Å². The summed E-state index contributed by atoms with van der Waals surface area (Å²) in [5.41, 5.74) is 7.52. The molecule has 94 valence electrons. The van der Waals surface area contributed by atoms with E-state index in [0.717, 1.165) is 18.5 Å². The Balaban J connectivity index is 1.72. The lowest BCUT2D eigenvalue weighted by Crippen LogP contribution is -2.46. The van der Waals surface area contributed by atoms with Crippen molar-refractivity contribution in [2.45, 2.75) is 44.7 Å². The average molecular weight is 250 g/mol. The average Bonchev–Trinajstić information content (AvgIpc) is 2.85. The summed E-state index contributed by atoms with van der Waals surface area (Å²) in [6, 6.07) is 3.06. The zero-order chi connectivity index (χ0) is 11.7. The van der Waals surface area contributed by atoms with Crippen LogP contribution in [0.25, 0.3) is 0 Å². The first-order valence-corrected chi connectivity index (χ1v) is 7.76. The van der Waals surface area contributed by atoms with Gasteiger partial charge in [-0.05, 0) is 48.7 Å². The van der Waals surface area contributed by atoms with Crippen molar-refractivity contribution < 1.29 is 0 Å². The lowest BCUT2D eigenvalue weighted by Gasteiger charge is -2.41. The van der Waals surface area contributed by atoms with Gasteiger partial charge in [-0.3, -0.25) is 4.90 Å². The molecule has 2 atom stereocenters. The molecule has 0 saturated heterocycles. The maximum absolute atomic E-state index is 5.95. The van der Waals surface area contributed by atoms with E-state index in [1.54, 1.807) is 10.4 Å². The predicted molar refractivity (Wildman–Crippen MR) is 73.2 cm³/mol. The topological polar surface area (TPSA) is 29.3 Å². The summed E-state index contributed by atoms with van der Waals surface area (Å²) >= 11 is 1.93. The molecule has 2 aliphatic rings. The van der Waals surface area contributed by atoms with Crippen molar-refractivity contribution in [2.75, 3.05) is 13.1 Å². The highest BCUT2D eigenvalue weighted by molar-refractivity contribution is 7.10. The van der Waals surface area contributed by atoms with Crippen LogP contribution in [-0.4, -0.2) is 24.0 Å². The summed E-state index contributed by atoms with van der Waals surface area (Å²) in [7, 11) is 0. The molecular formula is C14H22N2S. The fourth-order valence-electron chi connectivity index (χ4n) is 3.50. The second-order valence-corrected chi connectivity index (χ2v) is 6.44. The van der Waals surface area contributed by atoms with Crippen molar-refractivity contribution in [3.05, 3.63) is 21.9 Å². The first-order chi connectivity index (χ1) is 8.38. The van der Waals surface area contributed by atoms with Gasteiger partial charge in [0.2, 0.25) is 0 Å². The molecule has 2 N–H and O–H groups in total. The first kappa shape index (κ1) is 11.7. The van der Waals surface area contributed by atoms with Crippen LogP contribution in [0.1, 0.15) is 36.1 Å². The van der Waals surface area contributed by atoms with E-state index in [1.807, 2.05) is 11.3 Å². The summed E-state index contributed by atoms with van der Waals surface area (Å²) in [4.78, 5) is 4.31. The van der Waals surface area contributed by atoms with Crippen LogP contribution < -0.4 is 5.73 Å². The van der Waals surface area contributed by atoms with Crippen molar-refractivity contribution in [3.8, 4) is 0 Å². The van der Waals surface area contributed by atoms with Crippen molar-refractivity contribution in [1.82, 2.24) is 4.90 Å². The Bertz CT molecular complexity index is 374. The van der Waals surface area contributed by atoms with Crippen LogP contribution in [0.15, 0.2) is 11.4 Å². The number of fused-ring (bicyclic) bond motifs is 1. The molecule has 1 aliphatic heterocycles. The van der Waals surface area contributed by atoms with Gasteiger partial charge in [-0.25, -0.2) is 0 Å². The molecule has 1 aromatic rings. The molecule has 0 bridgehead atoms. The van der Waals surface area contributed by atoms with Gasteiger partial charge in [-0.2, -0.15) is 0 Å². The fraction of sp³-hybridized carbons (Fsp3) is 0.714. The minimum atomic E-state index is 0.740. The van der Waals surface area contributed by atoms with Crippen LogP contribution in [0.4, 0.5) is 0 Å². The maximum Gasteiger partial charge on any atom is 0.0247 e. The van der Waals surface area contributed by atoms with Gasteiger partial charge in [0.15, 0.2) is 0 Å². The Morgan fingerprint density at radius 3 is 3.12 bits per heavy atom. The quantitative estimate of drug-likeness (QED) is 0.874. The molecule has 1 aromatic heterocycles. The third-order valence-corrected chi connectivity index (χ3v) is 5.50. The standard InChI is InChI=1S/C14H22N2S/c15-9-11-3-1-2-4-13(11)16-7-5-14-12(10-16)6-8-17-14/h6,8,11,13H,1-5,7,9-10,15H2. The molecule has 17 heavy (non-hydrogen) atoms. The van der Waals surface area contributed by atoms with Gasteiger partial charge in [0, 0.05) is 24.0 Å². The Labute approximate surface area is 108 Å². The van der Waals surface area contributed by atoms with E-state index in [0.29, 0.717) is 0 Å². The number of nitrogens with zero attached hydrogens (tertiary/aromatic N) is 1. The maximum atomic E-state index is 5.95. The minimum Gasteiger partial charge on any atom is -0.330 e. The molecule has 1 saturated carbocycles. The molecule has 2 nitrogen and oxygen atoms in total. The van der Waals surface area contributed by atoms with E-state index < -0.39 is 0 Å². The second kappa shape index (κ2) is 5.09. The third-order valence-electron chi connectivity index (χ3n) is 4.48. The zero-order valence-corrected chi connectivity index (χ0v) is 11.2. The lowest BCUT2D eigenvalue weighted by molar-refractivity contribution is 0.0953. The van der Waals surface area contributed by atoms with Gasteiger partial charge in [0.1, 0.15) is 0 Å². The highest BCUT2D eigenvalue weighted by Gasteiger charge is 2.31. The number of rotatable bonds is 2. The molecular weight excluding hydrogens is 228 g/mol. The van der Waals surface area contributed by atoms with Crippen LogP contribution in [-0.2, 0) is 13.0 Å². The molecule has 3 heteroatoms. The van der Waals surface area contributed by atoms with E-state index in [2.05, 4.69) is 16.3 Å². The summed E-state index contributed by atoms with van der Waals surface area (Å²) in [5.74, 6) is 0.740. The van der Waals surface area contributed by atoms with Crippen LogP contribution in [0.3, 0.4) is 0 Å². The van der Waals surface area contributed by atoms with Gasteiger partial charge in [-0.1, -0.05) is 12.8 Å². The minimum absolute atomic E-state index is 0.740. The Hall–Kier alpha value is -0.380. The van der Waals surface area contributed by atoms with Gasteiger partial charge in [0.25, 0.3) is 0 Å². The molecule has 3 rings (SSSR count). The highest BCUT2D eigenvalue weighted by atomic mass is 32.1. The SMILES string of the molecule is NCC1CCCCC1N1CCc2sccc2C1. The zero-order valence-electron chi connectivity index (χ0n) is 10.4. The highest BCUT2D eigenvalue weighted by Crippen LogP contribution is 2.32. The van der Waals surface area contributed by atoms with E-state index in [1.165, 1.54) is 45.2 Å². The molecule has 0 spiro atoms. The van der Waals surface area contributed by atoms with Crippen molar-refractivity contribution in [1.29, 1.82) is 0 Å². The molecule has 0 amide bonds. The van der Waals surface area contributed by atoms with Crippen LogP contribution in [0, 0.1) is 5.92 Å². The normalized spacial score (nSPS) is 30.2. The molecule has 2 unspecified atom stereocenters. The second-order valence-electron chi connectivity index (χ2n) is 5.44. The molecule has 2 heterocycles. The lowest BCUT2D eigenvalue weighted by atomic mass is 9.83. The van der Waals surface area contributed by atoms with E-state index >= 15 is 0 Å². The summed E-state index contributed by atoms with van der Waals surface area (Å²) in [6.45, 7) is 3.28. The van der Waals surface area contributed by atoms with Gasteiger partial charge in [0.05, 0.1) is 0 Å². The number of hydrogen-bond donors (Lipinski definition) is 1. The molecule has 0 radical (unpaired) electrons. The Kier molecular flexibility index (Phi) is 3.50. The van der Waals surface area contributed by atoms with Crippen LogP contribution in [0.2, 0.25) is 0 Å². The van der Waals surface area contributed by atoms with Crippen molar-refractivity contribution in [2.24, 2.45) is 11.7 Å². The summed E-state index contributed by atoms with van der Waals surface area (Å²) < 4.78 is 0. The Morgan fingerprint density at radius 1 is 1.35 bits per heavy atom. The van der Waals surface area contributed by atoms with Crippen molar-refractivity contribution in [3.63, 3.8) is 0 Å². The number of nitrogens with two attached hydrogens (primary N) is 1. The number of hydrogen-bond acceptors (Lipinski definition) is 3. The largest absolute Gasteiger partial charge is 0.330 e.